The zero-order valence-corrected chi connectivity index (χ0v) is 8.52. The molecule has 80 valence electrons. The SMILES string of the molecule is NCc1cnn(CCCCCCO)c1. The first-order chi connectivity index (χ1) is 6.86. The van der Waals surface area contributed by atoms with E-state index in [2.05, 4.69) is 5.10 Å². The van der Waals surface area contributed by atoms with Gasteiger partial charge < -0.3 is 10.8 Å². The van der Waals surface area contributed by atoms with Crippen molar-refractivity contribution in [3.8, 4) is 0 Å². The monoisotopic (exact) mass is 197 g/mol. The van der Waals surface area contributed by atoms with E-state index in [1.165, 1.54) is 0 Å². The van der Waals surface area contributed by atoms with Crippen LogP contribution in [-0.4, -0.2) is 21.5 Å². The van der Waals surface area contributed by atoms with Gasteiger partial charge in [0.1, 0.15) is 0 Å². The van der Waals surface area contributed by atoms with Crippen molar-refractivity contribution in [1.82, 2.24) is 9.78 Å². The molecule has 1 aromatic heterocycles. The molecule has 0 atom stereocenters. The molecule has 0 bridgehead atoms. The lowest BCUT2D eigenvalue weighted by Gasteiger charge is -2.00. The van der Waals surface area contributed by atoms with Crippen LogP contribution in [0.5, 0.6) is 0 Å². The maximum absolute atomic E-state index is 8.59. The Morgan fingerprint density at radius 2 is 2.07 bits per heavy atom. The summed E-state index contributed by atoms with van der Waals surface area (Å²) in [5.74, 6) is 0. The molecule has 4 nitrogen and oxygen atoms in total. The van der Waals surface area contributed by atoms with Crippen LogP contribution in [0.25, 0.3) is 0 Å². The third-order valence-corrected chi connectivity index (χ3v) is 2.22. The van der Waals surface area contributed by atoms with Gasteiger partial charge >= 0.3 is 0 Å². The highest BCUT2D eigenvalue weighted by atomic mass is 16.2. The zero-order chi connectivity index (χ0) is 10.2. The van der Waals surface area contributed by atoms with E-state index < -0.39 is 0 Å². The number of aliphatic hydroxyl groups is 1. The molecule has 0 saturated carbocycles. The Morgan fingerprint density at radius 1 is 1.29 bits per heavy atom. The summed E-state index contributed by atoms with van der Waals surface area (Å²) in [7, 11) is 0. The topological polar surface area (TPSA) is 64.1 Å². The molecule has 0 aliphatic heterocycles. The van der Waals surface area contributed by atoms with Crippen LogP contribution in [-0.2, 0) is 13.1 Å². The summed E-state index contributed by atoms with van der Waals surface area (Å²) in [5, 5.41) is 12.8. The molecule has 1 rings (SSSR count). The predicted octanol–water partition coefficient (Wildman–Crippen LogP) is 0.894. The number of unbranched alkanes of at least 4 members (excludes halogenated alkanes) is 3. The summed E-state index contributed by atoms with van der Waals surface area (Å²) in [6.45, 7) is 1.81. The molecule has 0 unspecified atom stereocenters. The van der Waals surface area contributed by atoms with E-state index >= 15 is 0 Å². The highest BCUT2D eigenvalue weighted by Crippen LogP contribution is 2.02. The molecule has 0 fully saturated rings. The maximum atomic E-state index is 8.59. The second kappa shape index (κ2) is 6.56. The van der Waals surface area contributed by atoms with Crippen molar-refractivity contribution in [3.05, 3.63) is 18.0 Å². The van der Waals surface area contributed by atoms with E-state index in [9.17, 15) is 0 Å². The number of rotatable bonds is 7. The lowest BCUT2D eigenvalue weighted by atomic mass is 10.2. The van der Waals surface area contributed by atoms with Gasteiger partial charge in [0.05, 0.1) is 6.20 Å². The number of hydrogen-bond donors (Lipinski definition) is 2. The fourth-order valence-electron chi connectivity index (χ4n) is 1.37. The molecule has 4 heteroatoms. The van der Waals surface area contributed by atoms with Gasteiger partial charge in [-0.05, 0) is 12.8 Å². The van der Waals surface area contributed by atoms with E-state index in [1.54, 1.807) is 0 Å². The molecule has 0 amide bonds. The molecule has 0 radical (unpaired) electrons. The van der Waals surface area contributed by atoms with E-state index in [-0.39, 0.29) is 0 Å². The van der Waals surface area contributed by atoms with Crippen molar-refractivity contribution in [2.75, 3.05) is 6.61 Å². The standard InChI is InChI=1S/C10H19N3O/c11-7-10-8-12-13(9-10)5-3-1-2-4-6-14/h8-9,14H,1-7,11H2. The van der Waals surface area contributed by atoms with Crippen LogP contribution >= 0.6 is 0 Å². The van der Waals surface area contributed by atoms with E-state index in [0.29, 0.717) is 13.2 Å². The van der Waals surface area contributed by atoms with Gasteiger partial charge in [-0.2, -0.15) is 5.10 Å². The number of aliphatic hydroxyl groups excluding tert-OH is 1. The molecule has 0 aliphatic rings. The summed E-state index contributed by atoms with van der Waals surface area (Å²) < 4.78 is 1.93. The average Bonchev–Trinajstić information content (AvgIpc) is 2.65. The quantitative estimate of drug-likeness (QED) is 0.638. The average molecular weight is 197 g/mol. The van der Waals surface area contributed by atoms with Crippen LogP contribution < -0.4 is 5.73 Å². The number of aromatic nitrogens is 2. The van der Waals surface area contributed by atoms with E-state index in [0.717, 1.165) is 37.8 Å². The van der Waals surface area contributed by atoms with Crippen LogP contribution in [0.2, 0.25) is 0 Å². The maximum Gasteiger partial charge on any atom is 0.0534 e. The molecule has 0 spiro atoms. The first-order valence-corrected chi connectivity index (χ1v) is 5.19. The Kier molecular flexibility index (Phi) is 5.25. The Hall–Kier alpha value is -0.870. The number of aryl methyl sites for hydroxylation is 1. The predicted molar refractivity (Wildman–Crippen MR) is 55.7 cm³/mol. The highest BCUT2D eigenvalue weighted by Gasteiger charge is 1.96. The normalized spacial score (nSPS) is 10.7. The molecular weight excluding hydrogens is 178 g/mol. The van der Waals surface area contributed by atoms with Crippen LogP contribution in [0.15, 0.2) is 12.4 Å². The van der Waals surface area contributed by atoms with Gasteiger partial charge in [-0.1, -0.05) is 12.8 Å². The molecule has 0 saturated heterocycles. The fourth-order valence-corrected chi connectivity index (χ4v) is 1.37. The number of nitrogens with two attached hydrogens (primary N) is 1. The first-order valence-electron chi connectivity index (χ1n) is 5.19. The molecule has 0 aliphatic carbocycles. The minimum atomic E-state index is 0.305. The molecule has 14 heavy (non-hydrogen) atoms. The van der Waals surface area contributed by atoms with E-state index in [1.807, 2.05) is 17.1 Å². The first kappa shape index (κ1) is 11.2. The van der Waals surface area contributed by atoms with Crippen LogP contribution in [0, 0.1) is 0 Å². The van der Waals surface area contributed by atoms with Crippen molar-refractivity contribution in [2.45, 2.75) is 38.8 Å². The molecule has 1 heterocycles. The largest absolute Gasteiger partial charge is 0.396 e. The lowest BCUT2D eigenvalue weighted by molar-refractivity contribution is 0.282. The third kappa shape index (κ3) is 3.89. The van der Waals surface area contributed by atoms with Gasteiger partial charge in [0.15, 0.2) is 0 Å². The Bertz CT molecular complexity index is 247. The van der Waals surface area contributed by atoms with Crippen molar-refractivity contribution < 1.29 is 5.11 Å². The van der Waals surface area contributed by atoms with Gasteiger partial charge in [-0.15, -0.1) is 0 Å². The Labute approximate surface area is 84.7 Å². The summed E-state index contributed by atoms with van der Waals surface area (Å²) in [6, 6.07) is 0. The smallest absolute Gasteiger partial charge is 0.0534 e. The van der Waals surface area contributed by atoms with Crippen LogP contribution in [0.3, 0.4) is 0 Å². The molecule has 1 aromatic rings. The molecule has 3 N–H and O–H groups in total. The summed E-state index contributed by atoms with van der Waals surface area (Å²) in [5.41, 5.74) is 6.56. The number of nitrogens with zero attached hydrogens (tertiary/aromatic N) is 2. The molecular formula is C10H19N3O. The lowest BCUT2D eigenvalue weighted by Crippen LogP contribution is -1.99. The van der Waals surface area contributed by atoms with Crippen molar-refractivity contribution in [3.63, 3.8) is 0 Å². The minimum Gasteiger partial charge on any atom is -0.396 e. The third-order valence-electron chi connectivity index (χ3n) is 2.22. The van der Waals surface area contributed by atoms with E-state index in [4.69, 9.17) is 10.8 Å². The van der Waals surface area contributed by atoms with Gasteiger partial charge in [-0.3, -0.25) is 4.68 Å². The number of hydrogen-bond acceptors (Lipinski definition) is 3. The zero-order valence-electron chi connectivity index (χ0n) is 8.52. The second-order valence-electron chi connectivity index (χ2n) is 3.45. The highest BCUT2D eigenvalue weighted by molar-refractivity contribution is 5.02. The van der Waals surface area contributed by atoms with Crippen LogP contribution in [0.4, 0.5) is 0 Å². The van der Waals surface area contributed by atoms with Gasteiger partial charge in [0.25, 0.3) is 0 Å². The van der Waals surface area contributed by atoms with Crippen molar-refractivity contribution >= 4 is 0 Å². The summed E-state index contributed by atoms with van der Waals surface area (Å²) >= 11 is 0. The van der Waals surface area contributed by atoms with Crippen molar-refractivity contribution in [2.24, 2.45) is 5.73 Å². The van der Waals surface area contributed by atoms with Gasteiger partial charge in [0.2, 0.25) is 0 Å². The van der Waals surface area contributed by atoms with Gasteiger partial charge in [-0.25, -0.2) is 0 Å². The molecule has 0 aromatic carbocycles. The van der Waals surface area contributed by atoms with Gasteiger partial charge in [0, 0.05) is 31.5 Å². The fraction of sp³-hybridized carbons (Fsp3) is 0.700. The Morgan fingerprint density at radius 3 is 2.71 bits per heavy atom. The summed E-state index contributed by atoms with van der Waals surface area (Å²) in [6.07, 6.45) is 8.08. The Balaban J connectivity index is 2.12. The second-order valence-corrected chi connectivity index (χ2v) is 3.45. The van der Waals surface area contributed by atoms with Crippen molar-refractivity contribution in [1.29, 1.82) is 0 Å². The minimum absolute atomic E-state index is 0.305. The van der Waals surface area contributed by atoms with Crippen LogP contribution in [0.1, 0.15) is 31.2 Å². The summed E-state index contributed by atoms with van der Waals surface area (Å²) in [4.78, 5) is 0.